The van der Waals surface area contributed by atoms with E-state index in [1.54, 1.807) is 23.0 Å². The molecule has 6 heteroatoms. The number of nitrogens with one attached hydrogen (secondary N) is 1. The summed E-state index contributed by atoms with van der Waals surface area (Å²) in [5, 5.41) is 20.3. The Hall–Kier alpha value is -1.90. The summed E-state index contributed by atoms with van der Waals surface area (Å²) in [6.07, 6.45) is 4.48. The molecule has 5 nitrogen and oxygen atoms in total. The summed E-state index contributed by atoms with van der Waals surface area (Å²) >= 11 is 6.09. The van der Waals surface area contributed by atoms with Crippen LogP contribution in [0.3, 0.4) is 0 Å². The molecule has 2 rings (SSSR count). The molecule has 0 saturated heterocycles. The Labute approximate surface area is 116 Å². The maximum absolute atomic E-state index is 8.75. The van der Waals surface area contributed by atoms with Crippen LogP contribution in [0.5, 0.6) is 0 Å². The van der Waals surface area contributed by atoms with Crippen molar-refractivity contribution in [3.05, 3.63) is 46.7 Å². The zero-order valence-electron chi connectivity index (χ0n) is 10.4. The first-order valence-corrected chi connectivity index (χ1v) is 6.41. The fraction of sp³-hybridized carbons (Fsp3) is 0.308. The molecule has 1 aromatic carbocycles. The third-order valence-corrected chi connectivity index (χ3v) is 3.06. The Bertz CT molecular complexity index is 559. The van der Waals surface area contributed by atoms with Gasteiger partial charge < -0.3 is 5.32 Å². The monoisotopic (exact) mass is 275 g/mol. The second kappa shape index (κ2) is 6.88. The van der Waals surface area contributed by atoms with E-state index in [0.29, 0.717) is 17.1 Å². The van der Waals surface area contributed by atoms with Crippen LogP contribution >= 0.6 is 11.6 Å². The summed E-state index contributed by atoms with van der Waals surface area (Å²) in [5.74, 6) is 0. The van der Waals surface area contributed by atoms with Crippen molar-refractivity contribution in [1.29, 1.82) is 5.26 Å². The van der Waals surface area contributed by atoms with E-state index in [1.165, 1.54) is 0 Å². The number of aromatic nitrogens is 3. The van der Waals surface area contributed by atoms with Crippen molar-refractivity contribution >= 4 is 11.6 Å². The third kappa shape index (κ3) is 4.05. The van der Waals surface area contributed by atoms with E-state index < -0.39 is 0 Å². The van der Waals surface area contributed by atoms with Crippen LogP contribution in [0.2, 0.25) is 5.02 Å². The second-order valence-electron chi connectivity index (χ2n) is 4.11. The number of halogens is 1. The Morgan fingerprint density at radius 3 is 3.00 bits per heavy atom. The number of rotatable bonds is 6. The molecule has 1 N–H and O–H groups in total. The van der Waals surface area contributed by atoms with E-state index in [1.807, 2.05) is 12.3 Å². The summed E-state index contributed by atoms with van der Waals surface area (Å²) in [7, 11) is 0. The highest BCUT2D eigenvalue weighted by molar-refractivity contribution is 6.31. The van der Waals surface area contributed by atoms with Crippen LogP contribution in [0.25, 0.3) is 0 Å². The number of hydrogen-bond donors (Lipinski definition) is 1. The highest BCUT2D eigenvalue weighted by atomic mass is 35.5. The van der Waals surface area contributed by atoms with E-state index in [9.17, 15) is 0 Å². The van der Waals surface area contributed by atoms with E-state index in [2.05, 4.69) is 21.7 Å². The van der Waals surface area contributed by atoms with Gasteiger partial charge in [0.2, 0.25) is 0 Å². The van der Waals surface area contributed by atoms with Gasteiger partial charge in [-0.3, -0.25) is 4.68 Å². The lowest BCUT2D eigenvalue weighted by molar-refractivity contribution is 0.530. The second-order valence-corrected chi connectivity index (χ2v) is 4.52. The van der Waals surface area contributed by atoms with E-state index in [4.69, 9.17) is 16.9 Å². The SMILES string of the molecule is N#Cc1ccc(CNCCCn2ccnn2)c(Cl)c1. The lowest BCUT2D eigenvalue weighted by Gasteiger charge is -2.07. The molecule has 0 bridgehead atoms. The lowest BCUT2D eigenvalue weighted by Crippen LogP contribution is -2.17. The highest BCUT2D eigenvalue weighted by Gasteiger charge is 2.01. The van der Waals surface area contributed by atoms with Crippen molar-refractivity contribution in [2.75, 3.05) is 6.54 Å². The predicted octanol–water partition coefficient (Wildman–Crippen LogP) is 1.98. The molecule has 19 heavy (non-hydrogen) atoms. The Morgan fingerprint density at radius 1 is 1.42 bits per heavy atom. The van der Waals surface area contributed by atoms with E-state index in [-0.39, 0.29) is 0 Å². The molecule has 0 saturated carbocycles. The van der Waals surface area contributed by atoms with Gasteiger partial charge in [0.25, 0.3) is 0 Å². The molecular formula is C13H14ClN5. The Morgan fingerprint density at radius 2 is 2.32 bits per heavy atom. The summed E-state index contributed by atoms with van der Waals surface area (Å²) in [5.41, 5.74) is 1.58. The molecule has 0 aliphatic rings. The number of nitrogens with zero attached hydrogens (tertiary/aromatic N) is 4. The van der Waals surface area contributed by atoms with Gasteiger partial charge in [0.1, 0.15) is 0 Å². The molecule has 0 radical (unpaired) electrons. The predicted molar refractivity (Wildman–Crippen MR) is 72.5 cm³/mol. The third-order valence-electron chi connectivity index (χ3n) is 2.71. The maximum atomic E-state index is 8.75. The van der Waals surface area contributed by atoms with Crippen molar-refractivity contribution in [2.45, 2.75) is 19.5 Å². The molecule has 0 spiro atoms. The van der Waals surface area contributed by atoms with Crippen molar-refractivity contribution in [1.82, 2.24) is 20.3 Å². The fourth-order valence-electron chi connectivity index (χ4n) is 1.70. The molecule has 0 aliphatic carbocycles. The van der Waals surface area contributed by atoms with Gasteiger partial charge in [0, 0.05) is 24.3 Å². The standard InChI is InChI=1S/C13H14ClN5/c14-13-8-11(9-15)2-3-12(13)10-16-4-1-6-19-7-5-17-18-19/h2-3,5,7-8,16H,1,4,6,10H2. The smallest absolute Gasteiger partial charge is 0.0992 e. The lowest BCUT2D eigenvalue weighted by atomic mass is 10.1. The average molecular weight is 276 g/mol. The average Bonchev–Trinajstić information content (AvgIpc) is 2.93. The van der Waals surface area contributed by atoms with Crippen LogP contribution in [0.4, 0.5) is 0 Å². The molecule has 0 atom stereocenters. The molecule has 0 aliphatic heterocycles. The molecule has 98 valence electrons. The zero-order chi connectivity index (χ0) is 13.5. The van der Waals surface area contributed by atoms with Gasteiger partial charge in [0.05, 0.1) is 17.8 Å². The van der Waals surface area contributed by atoms with Crippen molar-refractivity contribution in [2.24, 2.45) is 0 Å². The van der Waals surface area contributed by atoms with Crippen LogP contribution in [-0.2, 0) is 13.1 Å². The summed E-state index contributed by atoms with van der Waals surface area (Å²) < 4.78 is 1.80. The first kappa shape index (κ1) is 13.5. The molecule has 2 aromatic rings. The molecule has 0 unspecified atom stereocenters. The van der Waals surface area contributed by atoms with Crippen molar-refractivity contribution in [3.63, 3.8) is 0 Å². The van der Waals surface area contributed by atoms with Gasteiger partial charge in [0.15, 0.2) is 0 Å². The van der Waals surface area contributed by atoms with Crippen LogP contribution in [0, 0.1) is 11.3 Å². The number of hydrogen-bond acceptors (Lipinski definition) is 4. The summed E-state index contributed by atoms with van der Waals surface area (Å²) in [4.78, 5) is 0. The largest absolute Gasteiger partial charge is 0.313 e. The quantitative estimate of drug-likeness (QED) is 0.819. The van der Waals surface area contributed by atoms with Gasteiger partial charge in [-0.25, -0.2) is 0 Å². The molecular weight excluding hydrogens is 262 g/mol. The fourth-order valence-corrected chi connectivity index (χ4v) is 1.95. The zero-order valence-corrected chi connectivity index (χ0v) is 11.1. The minimum atomic E-state index is 0.583. The number of benzene rings is 1. The normalized spacial score (nSPS) is 10.3. The van der Waals surface area contributed by atoms with Crippen LogP contribution < -0.4 is 5.32 Å². The minimum absolute atomic E-state index is 0.583. The van der Waals surface area contributed by atoms with Crippen molar-refractivity contribution in [3.8, 4) is 6.07 Å². The first-order valence-electron chi connectivity index (χ1n) is 6.03. The van der Waals surface area contributed by atoms with Gasteiger partial charge in [-0.1, -0.05) is 22.9 Å². The van der Waals surface area contributed by atoms with E-state index in [0.717, 1.165) is 25.1 Å². The summed E-state index contributed by atoms with van der Waals surface area (Å²) in [6.45, 7) is 2.41. The Balaban J connectivity index is 1.72. The summed E-state index contributed by atoms with van der Waals surface area (Å²) in [6, 6.07) is 7.41. The van der Waals surface area contributed by atoms with Crippen LogP contribution in [0.15, 0.2) is 30.6 Å². The van der Waals surface area contributed by atoms with E-state index >= 15 is 0 Å². The van der Waals surface area contributed by atoms with Gasteiger partial charge in [-0.05, 0) is 30.7 Å². The van der Waals surface area contributed by atoms with Crippen LogP contribution in [0.1, 0.15) is 17.5 Å². The molecule has 1 heterocycles. The number of nitriles is 1. The van der Waals surface area contributed by atoms with Gasteiger partial charge >= 0.3 is 0 Å². The molecule has 0 fully saturated rings. The maximum Gasteiger partial charge on any atom is 0.0992 e. The first-order chi connectivity index (χ1) is 9.29. The number of aryl methyl sites for hydroxylation is 1. The van der Waals surface area contributed by atoms with Gasteiger partial charge in [-0.2, -0.15) is 5.26 Å². The highest BCUT2D eigenvalue weighted by Crippen LogP contribution is 2.17. The Kier molecular flexibility index (Phi) is 4.90. The van der Waals surface area contributed by atoms with Crippen LogP contribution in [-0.4, -0.2) is 21.5 Å². The van der Waals surface area contributed by atoms with Gasteiger partial charge in [-0.15, -0.1) is 5.10 Å². The molecule has 0 amide bonds. The van der Waals surface area contributed by atoms with Crippen molar-refractivity contribution < 1.29 is 0 Å². The minimum Gasteiger partial charge on any atom is -0.313 e. The topological polar surface area (TPSA) is 66.5 Å². The molecule has 1 aromatic heterocycles.